The first-order chi connectivity index (χ1) is 17.6. The van der Waals surface area contributed by atoms with Crippen LogP contribution in [0.1, 0.15) is 48.9 Å². The van der Waals surface area contributed by atoms with Gasteiger partial charge in [0, 0.05) is 50.6 Å². The number of piperidine rings is 1. The van der Waals surface area contributed by atoms with Gasteiger partial charge in [0.05, 0.1) is 4.88 Å². The van der Waals surface area contributed by atoms with Crippen molar-refractivity contribution >= 4 is 29.0 Å². The second-order valence-corrected chi connectivity index (χ2v) is 10.1. The lowest BCUT2D eigenvalue weighted by Crippen LogP contribution is -2.48. The smallest absolute Gasteiger partial charge is 0.383 e. The van der Waals surface area contributed by atoms with E-state index in [1.54, 1.807) is 23.2 Å². The summed E-state index contributed by atoms with van der Waals surface area (Å²) in [6, 6.07) is 6.20. The average molecular weight is 535 g/mol. The van der Waals surface area contributed by atoms with Gasteiger partial charge in [-0.2, -0.15) is 13.2 Å². The van der Waals surface area contributed by atoms with Crippen LogP contribution < -0.4 is 10.6 Å². The number of anilines is 2. The summed E-state index contributed by atoms with van der Waals surface area (Å²) >= 11 is 1.36. The minimum absolute atomic E-state index is 0.111. The van der Waals surface area contributed by atoms with Gasteiger partial charge in [-0.1, -0.05) is 19.4 Å². The number of benzene rings is 1. The maximum absolute atomic E-state index is 13.0. The number of nitrogens with zero attached hydrogens (tertiary/aromatic N) is 4. The monoisotopic (exact) mass is 534 g/mol. The Balaban J connectivity index is 1.46. The Bertz CT molecular complexity index is 1240. The van der Waals surface area contributed by atoms with Crippen molar-refractivity contribution in [1.82, 2.24) is 25.2 Å². The van der Waals surface area contributed by atoms with Crippen molar-refractivity contribution in [3.63, 3.8) is 0 Å². The lowest BCUT2D eigenvalue weighted by Gasteiger charge is -2.36. The molecule has 0 unspecified atom stereocenters. The summed E-state index contributed by atoms with van der Waals surface area (Å²) in [7, 11) is 0. The highest BCUT2D eigenvalue weighted by Crippen LogP contribution is 2.39. The zero-order valence-electron chi connectivity index (χ0n) is 20.6. The number of rotatable bonds is 7. The largest absolute Gasteiger partial charge is 0.433 e. The Morgan fingerprint density at radius 1 is 1.22 bits per heavy atom. The number of aromatic nitrogens is 3. The van der Waals surface area contributed by atoms with E-state index in [9.17, 15) is 23.1 Å². The molecule has 3 heterocycles. The van der Waals surface area contributed by atoms with Crippen LogP contribution in [0.3, 0.4) is 0 Å². The molecule has 8 nitrogen and oxygen atoms in total. The molecule has 0 radical (unpaired) electrons. The molecular weight excluding hydrogens is 505 g/mol. The van der Waals surface area contributed by atoms with E-state index in [0.717, 1.165) is 41.1 Å². The Morgan fingerprint density at radius 2 is 1.97 bits per heavy atom. The van der Waals surface area contributed by atoms with Gasteiger partial charge in [-0.15, -0.1) is 11.3 Å². The van der Waals surface area contributed by atoms with Crippen molar-refractivity contribution < 1.29 is 23.1 Å². The predicted octanol–water partition coefficient (Wildman–Crippen LogP) is 5.46. The fourth-order valence-electron chi connectivity index (χ4n) is 4.10. The molecule has 198 valence electrons. The van der Waals surface area contributed by atoms with E-state index in [2.05, 4.69) is 32.5 Å². The Morgan fingerprint density at radius 3 is 2.68 bits per heavy atom. The van der Waals surface area contributed by atoms with Gasteiger partial charge in [0.2, 0.25) is 5.95 Å². The molecular formula is C25H29F3N6O2S. The second kappa shape index (κ2) is 11.0. The molecule has 3 N–H and O–H groups in total. The molecule has 1 aliphatic rings. The van der Waals surface area contributed by atoms with Crippen LogP contribution in [0.5, 0.6) is 0 Å². The minimum Gasteiger partial charge on any atom is -0.383 e. The van der Waals surface area contributed by atoms with Gasteiger partial charge in [0.15, 0.2) is 0 Å². The third kappa shape index (κ3) is 6.55. The van der Waals surface area contributed by atoms with Gasteiger partial charge in [0.1, 0.15) is 16.3 Å². The second-order valence-electron chi connectivity index (χ2n) is 9.11. The number of carbonyl (C=O) groups is 1. The van der Waals surface area contributed by atoms with Crippen LogP contribution in [0.2, 0.25) is 0 Å². The van der Waals surface area contributed by atoms with E-state index in [1.165, 1.54) is 11.3 Å². The van der Waals surface area contributed by atoms with Crippen molar-refractivity contribution in [1.29, 1.82) is 0 Å². The molecule has 3 aromatic rings. The van der Waals surface area contributed by atoms with Crippen LogP contribution in [-0.2, 0) is 11.8 Å². The summed E-state index contributed by atoms with van der Waals surface area (Å²) in [6.07, 6.45) is 0.875. The van der Waals surface area contributed by atoms with E-state index >= 15 is 0 Å². The van der Waals surface area contributed by atoms with E-state index in [-0.39, 0.29) is 12.0 Å². The number of likely N-dealkylation sites (tertiary alicyclic amines) is 1. The number of hydrogen-bond acceptors (Lipinski definition) is 7. The average Bonchev–Trinajstić information content (AvgIpc) is 3.35. The maximum Gasteiger partial charge on any atom is 0.433 e. The third-order valence-electron chi connectivity index (χ3n) is 6.15. The Labute approximate surface area is 217 Å². The molecule has 0 spiro atoms. The summed E-state index contributed by atoms with van der Waals surface area (Å²) in [5.41, 5.74) is 0.0607. The SMILES string of the molecule is CCCCNC(=O)N1CCC(O)(c2ncc(-c3cc(C)cc(Nc4nccc(C(F)(F)F)n4)c3)s2)CC1. The Hall–Kier alpha value is -3.25. The van der Waals surface area contributed by atoms with Crippen molar-refractivity contribution in [2.45, 2.75) is 51.3 Å². The van der Waals surface area contributed by atoms with E-state index in [0.29, 0.717) is 43.2 Å². The maximum atomic E-state index is 13.0. The zero-order chi connectivity index (χ0) is 26.6. The molecule has 37 heavy (non-hydrogen) atoms. The highest BCUT2D eigenvalue weighted by Gasteiger charge is 2.38. The van der Waals surface area contributed by atoms with Gasteiger partial charge in [-0.05, 0) is 42.7 Å². The van der Waals surface area contributed by atoms with Crippen LogP contribution in [0.25, 0.3) is 10.4 Å². The van der Waals surface area contributed by atoms with Gasteiger partial charge in [-0.3, -0.25) is 0 Å². The van der Waals surface area contributed by atoms with E-state index < -0.39 is 17.5 Å². The van der Waals surface area contributed by atoms with Gasteiger partial charge in [-0.25, -0.2) is 19.7 Å². The van der Waals surface area contributed by atoms with Crippen LogP contribution in [0, 0.1) is 6.92 Å². The highest BCUT2D eigenvalue weighted by molar-refractivity contribution is 7.15. The molecule has 0 atom stereocenters. The van der Waals surface area contributed by atoms with Crippen molar-refractivity contribution in [3.8, 4) is 10.4 Å². The van der Waals surface area contributed by atoms with E-state index in [1.807, 2.05) is 13.0 Å². The van der Waals surface area contributed by atoms with Crippen LogP contribution in [-0.4, -0.2) is 50.6 Å². The number of hydrogen-bond donors (Lipinski definition) is 3. The molecule has 0 bridgehead atoms. The van der Waals surface area contributed by atoms with E-state index in [4.69, 9.17) is 0 Å². The minimum atomic E-state index is -4.56. The molecule has 2 aromatic heterocycles. The molecule has 12 heteroatoms. The first-order valence-electron chi connectivity index (χ1n) is 12.1. The van der Waals surface area contributed by atoms with Crippen LogP contribution >= 0.6 is 11.3 Å². The summed E-state index contributed by atoms with van der Waals surface area (Å²) in [5, 5.41) is 17.6. The number of thiazole rings is 1. The normalized spacial score (nSPS) is 15.5. The number of urea groups is 1. The van der Waals surface area contributed by atoms with Gasteiger partial charge in [0.25, 0.3) is 0 Å². The quantitative estimate of drug-likeness (QED) is 0.348. The molecule has 1 fully saturated rings. The first-order valence-corrected chi connectivity index (χ1v) is 12.9. The highest BCUT2D eigenvalue weighted by atomic mass is 32.1. The molecule has 0 aliphatic carbocycles. The first kappa shape index (κ1) is 26.8. The number of halogens is 3. The molecule has 1 saturated heterocycles. The van der Waals surface area contributed by atoms with Crippen molar-refractivity contribution in [2.24, 2.45) is 0 Å². The predicted molar refractivity (Wildman–Crippen MR) is 136 cm³/mol. The molecule has 2 amide bonds. The summed E-state index contributed by atoms with van der Waals surface area (Å²) in [5.74, 6) is -0.156. The lowest BCUT2D eigenvalue weighted by atomic mass is 9.92. The zero-order valence-corrected chi connectivity index (χ0v) is 21.4. The Kier molecular flexibility index (Phi) is 7.98. The number of aliphatic hydroxyl groups is 1. The van der Waals surface area contributed by atoms with Crippen LogP contribution in [0.4, 0.5) is 29.6 Å². The topological polar surface area (TPSA) is 103 Å². The molecule has 1 aromatic carbocycles. The van der Waals surface area contributed by atoms with Crippen molar-refractivity contribution in [2.75, 3.05) is 25.0 Å². The molecule has 4 rings (SSSR count). The van der Waals surface area contributed by atoms with Gasteiger partial charge >= 0.3 is 12.2 Å². The standard InChI is InChI=1S/C25H29F3N6O2S/c1-3-4-8-30-23(35)34-10-6-24(36,7-11-34)21-31-15-19(37-21)17-12-16(2)13-18(14-17)32-22-29-9-5-20(33-22)25(26,27)28/h5,9,12-15,36H,3-4,6-8,10-11H2,1-2H3,(H,30,35)(H,29,32,33). The summed E-state index contributed by atoms with van der Waals surface area (Å²) in [6.45, 7) is 5.43. The van der Waals surface area contributed by atoms with Gasteiger partial charge < -0.3 is 20.6 Å². The fraction of sp³-hybridized carbons (Fsp3) is 0.440. The number of carbonyl (C=O) groups excluding carboxylic acids is 1. The summed E-state index contributed by atoms with van der Waals surface area (Å²) in [4.78, 5) is 26.8. The number of aryl methyl sites for hydroxylation is 1. The number of amides is 2. The van der Waals surface area contributed by atoms with Crippen molar-refractivity contribution in [3.05, 3.63) is 52.9 Å². The molecule has 1 aliphatic heterocycles. The molecule has 0 saturated carbocycles. The third-order valence-corrected chi connectivity index (χ3v) is 7.39. The lowest BCUT2D eigenvalue weighted by molar-refractivity contribution is -0.141. The van der Waals surface area contributed by atoms with Crippen LogP contribution in [0.15, 0.2) is 36.7 Å². The fourth-order valence-corrected chi connectivity index (χ4v) is 5.15. The number of nitrogens with one attached hydrogen (secondary N) is 2. The summed E-state index contributed by atoms with van der Waals surface area (Å²) < 4.78 is 39.0. The number of unbranched alkanes of at least 4 members (excludes halogenated alkanes) is 1. The number of alkyl halides is 3.